The fourth-order valence-corrected chi connectivity index (χ4v) is 9.69. The number of likely N-dealkylation sites (tertiary alicyclic amines) is 1. The summed E-state index contributed by atoms with van der Waals surface area (Å²) in [5.74, 6) is 1.01. The minimum Gasteiger partial charge on any atom is -0.451 e. The number of carbonyl (C=O) groups is 1. The lowest BCUT2D eigenvalue weighted by molar-refractivity contribution is -0.0413. The van der Waals surface area contributed by atoms with Crippen LogP contribution in [0.3, 0.4) is 0 Å². The third kappa shape index (κ3) is 8.15. The first-order valence-electron chi connectivity index (χ1n) is 17.4. The number of nitrogens with zero attached hydrogens (tertiary/aromatic N) is 7. The molecule has 0 bridgehead atoms. The van der Waals surface area contributed by atoms with Crippen molar-refractivity contribution in [1.29, 1.82) is 0 Å². The molecule has 2 N–H and O–H groups in total. The van der Waals surface area contributed by atoms with Crippen LogP contribution in [0.1, 0.15) is 70.2 Å². The molecule has 1 aromatic heterocycles. The quantitative estimate of drug-likeness (QED) is 0.388. The van der Waals surface area contributed by atoms with Crippen molar-refractivity contribution >= 4 is 34.3 Å². The molecule has 2 aromatic rings. The van der Waals surface area contributed by atoms with Gasteiger partial charge in [0, 0.05) is 77.0 Å². The van der Waals surface area contributed by atoms with Crippen LogP contribution in [0.4, 0.5) is 10.2 Å². The first kappa shape index (κ1) is 37.6. The fourth-order valence-electron chi connectivity index (χ4n) is 8.05. The molecular weight excluding hydrogens is 671 g/mol. The second kappa shape index (κ2) is 15.3. The van der Waals surface area contributed by atoms with Gasteiger partial charge in [-0.3, -0.25) is 4.79 Å². The van der Waals surface area contributed by atoms with Gasteiger partial charge in [0.2, 0.25) is 0 Å². The Bertz CT molecular complexity index is 1550. The fraction of sp³-hybridized carbons (Fsp3) is 0.676. The number of benzene rings is 1. The summed E-state index contributed by atoms with van der Waals surface area (Å²) in [6, 6.07) is 3.99. The number of anilines is 1. The van der Waals surface area contributed by atoms with E-state index in [1.165, 1.54) is 24.5 Å². The Morgan fingerprint density at radius 2 is 1.67 bits per heavy atom. The van der Waals surface area contributed by atoms with Crippen LogP contribution in [-0.4, -0.2) is 120 Å². The zero-order valence-electron chi connectivity index (χ0n) is 29.1. The molecule has 4 aliphatic heterocycles. The monoisotopic (exact) mass is 722 g/mol. The summed E-state index contributed by atoms with van der Waals surface area (Å²) >= 11 is 0. The standard InChI is InChI=1S/C34H51FN8O4S.ClH/c1-24(2)43(25(3)4)33(44)29-17-27(35)5-6-30(29)47-31-18-37-23-38-32(31)40-12-7-26(20-40)19-39-21-34(22-39)10-15-42(16-11-34)48(45,46)41-13-8-28(36)9-14-41;/h5-6,17-18,23-26,28H,7-16,19-22,36H2,1-4H3;1H/t26-;/m0./s1. The average molecular weight is 723 g/mol. The molecule has 0 radical (unpaired) electrons. The lowest BCUT2D eigenvalue weighted by Crippen LogP contribution is -2.62. The number of nitrogens with two attached hydrogens (primary N) is 1. The van der Waals surface area contributed by atoms with Crippen LogP contribution in [0.25, 0.3) is 0 Å². The number of amides is 1. The van der Waals surface area contributed by atoms with Gasteiger partial charge in [0.05, 0.1) is 11.8 Å². The Balaban J connectivity index is 0.00000468. The van der Waals surface area contributed by atoms with E-state index in [1.54, 1.807) is 19.7 Å². The van der Waals surface area contributed by atoms with Crippen molar-refractivity contribution in [3.63, 3.8) is 0 Å². The highest BCUT2D eigenvalue weighted by molar-refractivity contribution is 7.86. The van der Waals surface area contributed by atoms with Crippen molar-refractivity contribution in [2.75, 3.05) is 63.8 Å². The third-order valence-corrected chi connectivity index (χ3v) is 12.6. The first-order chi connectivity index (χ1) is 22.8. The van der Waals surface area contributed by atoms with Crippen LogP contribution in [0.15, 0.2) is 30.7 Å². The Morgan fingerprint density at radius 1 is 1.02 bits per heavy atom. The van der Waals surface area contributed by atoms with Crippen LogP contribution >= 0.6 is 12.4 Å². The van der Waals surface area contributed by atoms with Crippen molar-refractivity contribution in [1.82, 2.24) is 28.4 Å². The average Bonchev–Trinajstić information content (AvgIpc) is 3.50. The van der Waals surface area contributed by atoms with Crippen molar-refractivity contribution in [2.45, 2.75) is 77.9 Å². The highest BCUT2D eigenvalue weighted by Gasteiger charge is 2.48. The third-order valence-electron chi connectivity index (χ3n) is 10.6. The van der Waals surface area contributed by atoms with Crippen molar-refractivity contribution in [3.05, 3.63) is 42.1 Å². The van der Waals surface area contributed by atoms with E-state index in [2.05, 4.69) is 19.8 Å². The van der Waals surface area contributed by atoms with E-state index in [0.717, 1.165) is 64.8 Å². The SMILES string of the molecule is CC(C)N(C(=O)c1cc(F)ccc1Oc1cncnc1N1CC[C@@H](CN2CC3(CCN(S(=O)(=O)N4CCC(N)CC4)CC3)C2)C1)C(C)C.Cl. The Kier molecular flexibility index (Phi) is 11.8. The minimum atomic E-state index is -3.41. The number of ether oxygens (including phenoxy) is 1. The maximum Gasteiger partial charge on any atom is 0.281 e. The predicted molar refractivity (Wildman–Crippen MR) is 190 cm³/mol. The maximum atomic E-state index is 14.4. The molecule has 49 heavy (non-hydrogen) atoms. The maximum absolute atomic E-state index is 14.4. The molecule has 0 saturated carbocycles. The molecular formula is C34H52ClFN8O4S. The Labute approximate surface area is 296 Å². The summed E-state index contributed by atoms with van der Waals surface area (Å²) in [4.78, 5) is 28.7. The number of halogens is 2. The van der Waals surface area contributed by atoms with Gasteiger partial charge < -0.3 is 25.2 Å². The summed E-state index contributed by atoms with van der Waals surface area (Å²) in [6.45, 7) is 14.6. The van der Waals surface area contributed by atoms with Crippen LogP contribution in [0, 0.1) is 17.2 Å². The summed E-state index contributed by atoms with van der Waals surface area (Å²) < 4.78 is 50.4. The van der Waals surface area contributed by atoms with Crippen molar-refractivity contribution < 1.29 is 22.3 Å². The molecule has 12 nitrogen and oxygen atoms in total. The first-order valence-corrected chi connectivity index (χ1v) is 18.8. The van der Waals surface area contributed by atoms with E-state index in [1.807, 2.05) is 27.7 Å². The molecule has 15 heteroatoms. The minimum absolute atomic E-state index is 0. The van der Waals surface area contributed by atoms with Crippen LogP contribution in [0.5, 0.6) is 11.5 Å². The van der Waals surface area contributed by atoms with Gasteiger partial charge in [-0.05, 0) is 89.3 Å². The predicted octanol–water partition coefficient (Wildman–Crippen LogP) is 3.98. The molecule has 0 aliphatic carbocycles. The summed E-state index contributed by atoms with van der Waals surface area (Å²) in [6.07, 6.45) is 7.35. The van der Waals surface area contributed by atoms with Crippen LogP contribution in [0.2, 0.25) is 0 Å². The lowest BCUT2D eigenvalue weighted by atomic mass is 9.72. The van der Waals surface area contributed by atoms with Gasteiger partial charge in [0.1, 0.15) is 17.9 Å². The van der Waals surface area contributed by atoms with E-state index in [9.17, 15) is 17.6 Å². The number of rotatable bonds is 10. The molecule has 4 aliphatic rings. The van der Waals surface area contributed by atoms with Gasteiger partial charge in [0.25, 0.3) is 16.1 Å². The zero-order valence-corrected chi connectivity index (χ0v) is 30.8. The number of hydrogen-bond acceptors (Lipinski definition) is 9. The molecule has 4 fully saturated rings. The molecule has 1 amide bonds. The smallest absolute Gasteiger partial charge is 0.281 e. The van der Waals surface area contributed by atoms with Gasteiger partial charge in [-0.1, -0.05) is 0 Å². The van der Waals surface area contributed by atoms with Gasteiger partial charge >= 0.3 is 0 Å². The van der Waals surface area contributed by atoms with Crippen molar-refractivity contribution in [3.8, 4) is 11.5 Å². The molecule has 1 aromatic carbocycles. The molecule has 6 rings (SSSR count). The topological polar surface area (TPSA) is 128 Å². The summed E-state index contributed by atoms with van der Waals surface area (Å²) in [5.41, 5.74) is 6.36. The second-order valence-electron chi connectivity index (χ2n) is 14.8. The highest BCUT2D eigenvalue weighted by atomic mass is 35.5. The largest absolute Gasteiger partial charge is 0.451 e. The van der Waals surface area contributed by atoms with E-state index in [-0.39, 0.29) is 53.2 Å². The number of hydrogen-bond donors (Lipinski definition) is 1. The van der Waals surface area contributed by atoms with Gasteiger partial charge in [-0.2, -0.15) is 17.0 Å². The van der Waals surface area contributed by atoms with E-state index in [4.69, 9.17) is 10.5 Å². The van der Waals surface area contributed by atoms with Crippen LogP contribution in [-0.2, 0) is 10.2 Å². The Morgan fingerprint density at radius 3 is 2.33 bits per heavy atom. The van der Waals surface area contributed by atoms with Crippen LogP contribution < -0.4 is 15.4 Å². The van der Waals surface area contributed by atoms with Gasteiger partial charge in [-0.25, -0.2) is 14.4 Å². The second-order valence-corrected chi connectivity index (χ2v) is 16.7. The van der Waals surface area contributed by atoms with Crippen molar-refractivity contribution in [2.24, 2.45) is 17.1 Å². The van der Waals surface area contributed by atoms with E-state index >= 15 is 0 Å². The molecule has 1 spiro atoms. The molecule has 272 valence electrons. The normalized spacial score (nSPS) is 22.4. The number of piperidine rings is 2. The lowest BCUT2D eigenvalue weighted by Gasteiger charge is -2.54. The Hall–Kier alpha value is -2.62. The molecule has 0 unspecified atom stereocenters. The molecule has 5 heterocycles. The number of aromatic nitrogens is 2. The van der Waals surface area contributed by atoms with Gasteiger partial charge in [0.15, 0.2) is 11.6 Å². The van der Waals surface area contributed by atoms with E-state index < -0.39 is 16.0 Å². The number of carbonyl (C=O) groups excluding carboxylic acids is 1. The van der Waals surface area contributed by atoms with Gasteiger partial charge in [-0.15, -0.1) is 12.4 Å². The van der Waals surface area contributed by atoms with E-state index in [0.29, 0.717) is 43.7 Å². The zero-order chi connectivity index (χ0) is 34.2. The summed E-state index contributed by atoms with van der Waals surface area (Å²) in [5, 5.41) is 0. The summed E-state index contributed by atoms with van der Waals surface area (Å²) in [7, 11) is -3.41. The highest BCUT2D eigenvalue weighted by Crippen LogP contribution is 2.42. The molecule has 4 saturated heterocycles. The molecule has 1 atom stereocenters.